The highest BCUT2D eigenvalue weighted by atomic mass is 16.3. The number of hydrogen-bond acceptors (Lipinski definition) is 4. The molecule has 1 saturated carbocycles. The fraction of sp³-hybridized carbons (Fsp3) is 0.118. The van der Waals surface area contributed by atoms with Crippen molar-refractivity contribution in [2.24, 2.45) is 0 Å². The van der Waals surface area contributed by atoms with Crippen LogP contribution >= 0.6 is 0 Å². The maximum Gasteiger partial charge on any atom is 0.164 e. The molecule has 1 spiro atoms. The topological polar surface area (TPSA) is 51.8 Å². The molecule has 0 amide bonds. The molecule has 2 heterocycles. The summed E-state index contributed by atoms with van der Waals surface area (Å²) in [6.45, 7) is 0. The molecule has 2 aliphatic rings. The molecule has 0 N–H and O–H groups in total. The Kier molecular flexibility index (Phi) is 7.38. The van der Waals surface area contributed by atoms with Gasteiger partial charge in [0.05, 0.1) is 0 Å². The predicted molar refractivity (Wildman–Crippen MR) is 224 cm³/mol. The molecule has 11 rings (SSSR count). The largest absolute Gasteiger partial charge is 0.456 e. The molecule has 0 unspecified atom stereocenters. The van der Waals surface area contributed by atoms with Crippen LogP contribution in [-0.4, -0.2) is 15.0 Å². The van der Waals surface area contributed by atoms with E-state index in [9.17, 15) is 0 Å². The van der Waals surface area contributed by atoms with Crippen molar-refractivity contribution >= 4 is 21.9 Å². The van der Waals surface area contributed by atoms with Crippen LogP contribution in [0.1, 0.15) is 43.2 Å². The number of para-hydroxylation sites is 1. The van der Waals surface area contributed by atoms with Crippen molar-refractivity contribution in [2.45, 2.75) is 37.5 Å². The third-order valence-corrected chi connectivity index (χ3v) is 11.9. The molecule has 0 atom stereocenters. The smallest absolute Gasteiger partial charge is 0.164 e. The van der Waals surface area contributed by atoms with E-state index in [-0.39, 0.29) is 5.41 Å². The zero-order valence-electron chi connectivity index (χ0n) is 30.4. The minimum atomic E-state index is 0.131. The van der Waals surface area contributed by atoms with E-state index in [1.165, 1.54) is 65.5 Å². The summed E-state index contributed by atoms with van der Waals surface area (Å²) >= 11 is 0. The van der Waals surface area contributed by atoms with Gasteiger partial charge in [-0.3, -0.25) is 0 Å². The SMILES string of the molecule is c1ccc(-c2nc(-c3cccc(-c4cccc(-c5ccc6c(c5)C5(CCCCC5)c5ccccc5-6)c4)c3)nc(-c3ccc4c(c3)oc3ccccc34)n2)cc1. The summed E-state index contributed by atoms with van der Waals surface area (Å²) in [6.07, 6.45) is 6.36. The normalized spacial score (nSPS) is 14.3. The number of benzene rings is 7. The van der Waals surface area contributed by atoms with Crippen LogP contribution in [0.15, 0.2) is 168 Å². The molecule has 262 valence electrons. The molecule has 4 nitrogen and oxygen atoms in total. The Bertz CT molecular complexity index is 2920. The second-order valence-electron chi connectivity index (χ2n) is 15.1. The van der Waals surface area contributed by atoms with E-state index in [4.69, 9.17) is 19.4 Å². The van der Waals surface area contributed by atoms with Gasteiger partial charge in [-0.1, -0.05) is 147 Å². The van der Waals surface area contributed by atoms with Crippen molar-refractivity contribution in [3.05, 3.63) is 175 Å². The summed E-state index contributed by atoms with van der Waals surface area (Å²) in [7, 11) is 0. The Balaban J connectivity index is 0.981. The van der Waals surface area contributed by atoms with Crippen molar-refractivity contribution in [2.75, 3.05) is 0 Å². The van der Waals surface area contributed by atoms with Crippen LogP contribution < -0.4 is 0 Å². The minimum Gasteiger partial charge on any atom is -0.456 e. The monoisotopic (exact) mass is 707 g/mol. The Morgan fingerprint density at radius 3 is 1.69 bits per heavy atom. The first-order valence-electron chi connectivity index (χ1n) is 19.4. The van der Waals surface area contributed by atoms with Crippen molar-refractivity contribution in [1.82, 2.24) is 15.0 Å². The fourth-order valence-electron chi connectivity index (χ4n) is 9.26. The molecule has 7 aromatic carbocycles. The Morgan fingerprint density at radius 1 is 0.364 bits per heavy atom. The number of aromatic nitrogens is 3. The van der Waals surface area contributed by atoms with Crippen LogP contribution in [-0.2, 0) is 5.41 Å². The van der Waals surface area contributed by atoms with Crippen LogP contribution in [0.5, 0.6) is 0 Å². The lowest BCUT2D eigenvalue weighted by molar-refractivity contribution is 0.353. The zero-order chi connectivity index (χ0) is 36.3. The van der Waals surface area contributed by atoms with Gasteiger partial charge >= 0.3 is 0 Å². The molecular weight excluding hydrogens is 671 g/mol. The second-order valence-corrected chi connectivity index (χ2v) is 15.1. The summed E-state index contributed by atoms with van der Waals surface area (Å²) in [4.78, 5) is 15.1. The quantitative estimate of drug-likeness (QED) is 0.179. The van der Waals surface area contributed by atoms with E-state index >= 15 is 0 Å². The van der Waals surface area contributed by atoms with Crippen molar-refractivity contribution in [3.8, 4) is 67.5 Å². The first kappa shape index (κ1) is 31.8. The van der Waals surface area contributed by atoms with Crippen molar-refractivity contribution in [1.29, 1.82) is 0 Å². The molecular formula is C51H37N3O. The van der Waals surface area contributed by atoms with Gasteiger partial charge in [0, 0.05) is 32.9 Å². The molecule has 0 aliphatic heterocycles. The van der Waals surface area contributed by atoms with Crippen LogP contribution in [0.4, 0.5) is 0 Å². The molecule has 1 fully saturated rings. The van der Waals surface area contributed by atoms with Gasteiger partial charge in [0.2, 0.25) is 0 Å². The van der Waals surface area contributed by atoms with Gasteiger partial charge < -0.3 is 4.42 Å². The maximum absolute atomic E-state index is 6.25. The Morgan fingerprint density at radius 2 is 0.909 bits per heavy atom. The number of fused-ring (bicyclic) bond motifs is 8. The number of rotatable bonds is 5. The number of hydrogen-bond donors (Lipinski definition) is 0. The van der Waals surface area contributed by atoms with Gasteiger partial charge in [-0.15, -0.1) is 0 Å². The minimum absolute atomic E-state index is 0.131. The average Bonchev–Trinajstić information content (AvgIpc) is 3.76. The summed E-state index contributed by atoms with van der Waals surface area (Å²) < 4.78 is 6.25. The third-order valence-electron chi connectivity index (χ3n) is 11.9. The van der Waals surface area contributed by atoms with Crippen LogP contribution in [0.25, 0.3) is 89.5 Å². The van der Waals surface area contributed by atoms with Crippen LogP contribution in [0.3, 0.4) is 0 Å². The predicted octanol–water partition coefficient (Wildman–Crippen LogP) is 13.3. The lowest BCUT2D eigenvalue weighted by atomic mass is 9.67. The summed E-state index contributed by atoms with van der Waals surface area (Å²) in [5, 5.41) is 2.17. The number of furan rings is 1. The fourth-order valence-corrected chi connectivity index (χ4v) is 9.26. The lowest BCUT2D eigenvalue weighted by Crippen LogP contribution is -2.28. The van der Waals surface area contributed by atoms with E-state index in [2.05, 4.69) is 109 Å². The number of nitrogens with zero attached hydrogens (tertiary/aromatic N) is 3. The van der Waals surface area contributed by atoms with Crippen LogP contribution in [0.2, 0.25) is 0 Å². The van der Waals surface area contributed by atoms with Crippen molar-refractivity contribution < 1.29 is 4.42 Å². The van der Waals surface area contributed by atoms with E-state index < -0.39 is 0 Å². The average molecular weight is 708 g/mol. The highest BCUT2D eigenvalue weighted by Gasteiger charge is 2.43. The summed E-state index contributed by atoms with van der Waals surface area (Å²) in [5.74, 6) is 1.86. The molecule has 55 heavy (non-hydrogen) atoms. The highest BCUT2D eigenvalue weighted by molar-refractivity contribution is 6.05. The Hall–Kier alpha value is -6.65. The third kappa shape index (κ3) is 5.32. The van der Waals surface area contributed by atoms with Gasteiger partial charge in [0.1, 0.15) is 11.2 Å². The van der Waals surface area contributed by atoms with Crippen LogP contribution in [0, 0.1) is 0 Å². The first-order valence-corrected chi connectivity index (χ1v) is 19.4. The second kappa shape index (κ2) is 12.7. The van der Waals surface area contributed by atoms with Gasteiger partial charge in [0.15, 0.2) is 17.5 Å². The molecule has 9 aromatic rings. The standard InChI is InChI=1S/C51H37N3O/c1-3-13-33(14-4-1)48-52-49(54-50(53-48)39-24-26-43-42-20-6-8-22-46(42)55-47(43)32-39)38-18-12-17-36(30-38)34-15-11-16-35(29-34)37-23-25-41-40-19-5-7-21-44(40)51(45(41)31-37)27-9-2-10-28-51/h1,3-8,11-26,29-32H,2,9-10,27-28H2. The van der Waals surface area contributed by atoms with Gasteiger partial charge in [0.25, 0.3) is 0 Å². The molecule has 2 aliphatic carbocycles. The van der Waals surface area contributed by atoms with E-state index in [1.54, 1.807) is 0 Å². The maximum atomic E-state index is 6.25. The lowest BCUT2D eigenvalue weighted by Gasteiger charge is -2.36. The highest BCUT2D eigenvalue weighted by Crippen LogP contribution is 2.56. The van der Waals surface area contributed by atoms with Crippen molar-refractivity contribution in [3.63, 3.8) is 0 Å². The van der Waals surface area contributed by atoms with E-state index in [1.807, 2.05) is 54.6 Å². The zero-order valence-corrected chi connectivity index (χ0v) is 30.4. The van der Waals surface area contributed by atoms with E-state index in [0.29, 0.717) is 17.5 Å². The van der Waals surface area contributed by atoms with Gasteiger partial charge in [-0.2, -0.15) is 0 Å². The molecule has 4 heteroatoms. The first-order chi connectivity index (χ1) is 27.2. The molecule has 2 aromatic heterocycles. The van der Waals surface area contributed by atoms with Gasteiger partial charge in [-0.05, 0) is 93.7 Å². The van der Waals surface area contributed by atoms with Gasteiger partial charge in [-0.25, -0.2) is 15.0 Å². The van der Waals surface area contributed by atoms with E-state index in [0.717, 1.165) is 49.8 Å². The molecule has 0 saturated heterocycles. The Labute approximate surface area is 320 Å². The summed E-state index contributed by atoms with van der Waals surface area (Å²) in [5.41, 5.74) is 15.2. The molecule has 0 bridgehead atoms. The summed E-state index contributed by atoms with van der Waals surface area (Å²) in [6, 6.07) is 58.3. The molecule has 0 radical (unpaired) electrons.